The fourth-order valence-corrected chi connectivity index (χ4v) is 1.86. The zero-order valence-electron chi connectivity index (χ0n) is 16.6. The number of alkyl carbamates (subject to hydrolysis) is 2. The van der Waals surface area contributed by atoms with Gasteiger partial charge in [0.05, 0.1) is 0 Å². The van der Waals surface area contributed by atoms with E-state index in [1.54, 1.807) is 41.5 Å². The molecule has 27 heavy (non-hydrogen) atoms. The fourth-order valence-electron chi connectivity index (χ4n) is 1.86. The van der Waals surface area contributed by atoms with Crippen LogP contribution in [-0.4, -0.2) is 52.6 Å². The van der Waals surface area contributed by atoms with Crippen LogP contribution in [0.3, 0.4) is 0 Å². The number of hydrogen-bond donors (Lipinski definition) is 6. The molecule has 0 aliphatic heterocycles. The molecule has 0 radical (unpaired) electrons. The number of carboxylic acids is 1. The van der Waals surface area contributed by atoms with Gasteiger partial charge in [0.15, 0.2) is 5.96 Å². The third kappa shape index (κ3) is 13.2. The predicted octanol–water partition coefficient (Wildman–Crippen LogP) is 1.08. The monoisotopic (exact) mass is 389 g/mol. The van der Waals surface area contributed by atoms with E-state index in [0.29, 0.717) is 0 Å². The second kappa shape index (κ2) is 9.83. The van der Waals surface area contributed by atoms with Gasteiger partial charge in [0.2, 0.25) is 0 Å². The maximum atomic E-state index is 11.9. The number of rotatable bonds is 7. The van der Waals surface area contributed by atoms with Gasteiger partial charge >= 0.3 is 18.2 Å². The van der Waals surface area contributed by atoms with E-state index in [0.717, 1.165) is 0 Å². The summed E-state index contributed by atoms with van der Waals surface area (Å²) in [4.78, 5) is 35.0. The lowest BCUT2D eigenvalue weighted by atomic mass is 10.1. The Bertz CT molecular complexity index is 552. The van der Waals surface area contributed by atoms with Crippen LogP contribution >= 0.6 is 0 Å². The molecule has 0 saturated heterocycles. The van der Waals surface area contributed by atoms with Crippen molar-refractivity contribution in [3.8, 4) is 0 Å². The SMILES string of the molecule is CC(C)(C)OC(=O)NC(CCC(NC(=O)OC(C)(C)C)C(=O)O)NC(=N)N. The van der Waals surface area contributed by atoms with Crippen LogP contribution in [0.5, 0.6) is 0 Å². The lowest BCUT2D eigenvalue weighted by Crippen LogP contribution is -2.52. The summed E-state index contributed by atoms with van der Waals surface area (Å²) in [5, 5.41) is 23.8. The first-order chi connectivity index (χ1) is 12.1. The molecule has 0 aromatic carbocycles. The number of nitrogens with one attached hydrogen (secondary N) is 4. The Kier molecular flexibility index (Phi) is 8.84. The van der Waals surface area contributed by atoms with Gasteiger partial charge in [0.1, 0.15) is 23.4 Å². The lowest BCUT2D eigenvalue weighted by Gasteiger charge is -2.26. The minimum Gasteiger partial charge on any atom is -0.480 e. The molecule has 156 valence electrons. The number of nitrogens with two attached hydrogens (primary N) is 1. The molecule has 11 nitrogen and oxygen atoms in total. The average molecular weight is 389 g/mol. The standard InChI is InChI=1S/C16H31N5O6/c1-15(2,3)26-13(24)19-9(11(22)23)7-8-10(20-12(17)18)21-14(25)27-16(4,5)6/h9-10H,7-8H2,1-6H3,(H,19,24)(H,21,25)(H,22,23)(H4,17,18,20). The number of aliphatic carboxylic acids is 1. The summed E-state index contributed by atoms with van der Waals surface area (Å²) in [6, 6.07) is -1.25. The van der Waals surface area contributed by atoms with Crippen LogP contribution in [0.25, 0.3) is 0 Å². The Balaban J connectivity index is 4.87. The van der Waals surface area contributed by atoms with Crippen LogP contribution in [0.15, 0.2) is 0 Å². The molecule has 0 aromatic heterocycles. The van der Waals surface area contributed by atoms with Crippen LogP contribution in [0.2, 0.25) is 0 Å². The zero-order chi connectivity index (χ0) is 21.4. The summed E-state index contributed by atoms with van der Waals surface area (Å²) < 4.78 is 10.2. The third-order valence-corrected chi connectivity index (χ3v) is 2.75. The van der Waals surface area contributed by atoms with Gasteiger partial charge in [0.25, 0.3) is 0 Å². The van der Waals surface area contributed by atoms with E-state index < -0.39 is 47.5 Å². The fraction of sp³-hybridized carbons (Fsp3) is 0.750. The molecule has 7 N–H and O–H groups in total. The van der Waals surface area contributed by atoms with E-state index in [9.17, 15) is 19.5 Å². The highest BCUT2D eigenvalue weighted by Crippen LogP contribution is 2.09. The van der Waals surface area contributed by atoms with E-state index in [-0.39, 0.29) is 12.8 Å². The number of carbonyl (C=O) groups is 3. The van der Waals surface area contributed by atoms with E-state index in [4.69, 9.17) is 20.6 Å². The van der Waals surface area contributed by atoms with Gasteiger partial charge in [-0.1, -0.05) is 0 Å². The van der Waals surface area contributed by atoms with Crippen molar-refractivity contribution in [2.45, 2.75) is 77.8 Å². The summed E-state index contributed by atoms with van der Waals surface area (Å²) >= 11 is 0. The maximum Gasteiger partial charge on any atom is 0.409 e. The minimum atomic E-state index is -1.26. The number of carboxylic acid groups (broad SMARTS) is 1. The third-order valence-electron chi connectivity index (χ3n) is 2.75. The Morgan fingerprint density at radius 2 is 1.37 bits per heavy atom. The first-order valence-corrected chi connectivity index (χ1v) is 8.41. The van der Waals surface area contributed by atoms with Crippen molar-refractivity contribution >= 4 is 24.1 Å². The van der Waals surface area contributed by atoms with Crippen molar-refractivity contribution in [1.29, 1.82) is 5.41 Å². The van der Waals surface area contributed by atoms with Gasteiger partial charge in [-0.3, -0.25) is 5.41 Å². The molecule has 0 spiro atoms. The van der Waals surface area contributed by atoms with Crippen molar-refractivity contribution in [3.05, 3.63) is 0 Å². The van der Waals surface area contributed by atoms with Crippen LogP contribution in [-0.2, 0) is 14.3 Å². The minimum absolute atomic E-state index is 0.0472. The number of carbonyl (C=O) groups excluding carboxylic acids is 2. The molecule has 0 fully saturated rings. The molecule has 2 atom stereocenters. The maximum absolute atomic E-state index is 11.9. The van der Waals surface area contributed by atoms with Crippen molar-refractivity contribution < 1.29 is 29.0 Å². The van der Waals surface area contributed by atoms with Crippen molar-refractivity contribution in [1.82, 2.24) is 16.0 Å². The van der Waals surface area contributed by atoms with Gasteiger partial charge in [-0.25, -0.2) is 14.4 Å². The summed E-state index contributed by atoms with van der Waals surface area (Å²) in [7, 11) is 0. The van der Waals surface area contributed by atoms with Crippen LogP contribution in [0.4, 0.5) is 9.59 Å². The first kappa shape index (κ1) is 24.3. The Morgan fingerprint density at radius 1 is 0.926 bits per heavy atom. The van der Waals surface area contributed by atoms with Crippen LogP contribution in [0.1, 0.15) is 54.4 Å². The second-order valence-corrected chi connectivity index (χ2v) is 7.87. The number of hydrogen-bond acceptors (Lipinski definition) is 6. The highest BCUT2D eigenvalue weighted by molar-refractivity contribution is 5.80. The first-order valence-electron chi connectivity index (χ1n) is 8.41. The highest BCUT2D eigenvalue weighted by Gasteiger charge is 2.26. The van der Waals surface area contributed by atoms with Crippen LogP contribution < -0.4 is 21.7 Å². The molecule has 0 saturated carbocycles. The Morgan fingerprint density at radius 3 is 1.74 bits per heavy atom. The molecular weight excluding hydrogens is 358 g/mol. The van der Waals surface area contributed by atoms with E-state index in [1.165, 1.54) is 0 Å². The Hall–Kier alpha value is -2.72. The van der Waals surface area contributed by atoms with Crippen LogP contribution in [0, 0.1) is 5.41 Å². The molecule has 0 heterocycles. The molecule has 0 bridgehead atoms. The second-order valence-electron chi connectivity index (χ2n) is 7.87. The average Bonchev–Trinajstić information content (AvgIpc) is 2.37. The number of amides is 2. The van der Waals surface area contributed by atoms with Crippen molar-refractivity contribution in [2.24, 2.45) is 5.73 Å². The molecule has 0 aliphatic rings. The summed E-state index contributed by atoms with van der Waals surface area (Å²) in [6.45, 7) is 10.0. The largest absolute Gasteiger partial charge is 0.480 e. The van der Waals surface area contributed by atoms with E-state index >= 15 is 0 Å². The van der Waals surface area contributed by atoms with Gasteiger partial charge in [-0.2, -0.15) is 0 Å². The normalized spacial score (nSPS) is 13.7. The Labute approximate surface area is 158 Å². The molecular formula is C16H31N5O6. The molecule has 0 aliphatic carbocycles. The summed E-state index contributed by atoms with van der Waals surface area (Å²) in [5.41, 5.74) is 3.78. The molecule has 2 unspecified atom stereocenters. The van der Waals surface area contributed by atoms with Gasteiger partial charge in [0, 0.05) is 0 Å². The van der Waals surface area contributed by atoms with E-state index in [2.05, 4.69) is 16.0 Å². The molecule has 11 heteroatoms. The highest BCUT2D eigenvalue weighted by atomic mass is 16.6. The lowest BCUT2D eigenvalue weighted by molar-refractivity contribution is -0.139. The van der Waals surface area contributed by atoms with Gasteiger partial charge in [-0.05, 0) is 54.4 Å². The summed E-state index contributed by atoms with van der Waals surface area (Å²) in [6.07, 6.45) is -2.50. The van der Waals surface area contributed by atoms with Crippen molar-refractivity contribution in [2.75, 3.05) is 0 Å². The molecule has 0 aromatic rings. The zero-order valence-corrected chi connectivity index (χ0v) is 16.6. The predicted molar refractivity (Wildman–Crippen MR) is 98.2 cm³/mol. The van der Waals surface area contributed by atoms with Gasteiger partial charge < -0.3 is 36.3 Å². The smallest absolute Gasteiger partial charge is 0.409 e. The molecule has 2 amide bonds. The van der Waals surface area contributed by atoms with Crippen molar-refractivity contribution in [3.63, 3.8) is 0 Å². The van der Waals surface area contributed by atoms with E-state index in [1.807, 2.05) is 0 Å². The number of guanidine groups is 1. The van der Waals surface area contributed by atoms with Gasteiger partial charge in [-0.15, -0.1) is 0 Å². The topological polar surface area (TPSA) is 176 Å². The molecule has 0 rings (SSSR count). The number of ether oxygens (including phenoxy) is 2. The summed E-state index contributed by atoms with van der Waals surface area (Å²) in [5.74, 6) is -1.68. The quantitative estimate of drug-likeness (QED) is 0.213.